The monoisotopic (exact) mass is 198 g/mol. The van der Waals surface area contributed by atoms with Crippen molar-refractivity contribution in [2.75, 3.05) is 13.2 Å². The molecule has 0 aromatic heterocycles. The van der Waals surface area contributed by atoms with E-state index in [4.69, 9.17) is 4.74 Å². The maximum Gasteiger partial charge on any atom is 0.333 e. The van der Waals surface area contributed by atoms with Crippen molar-refractivity contribution in [2.24, 2.45) is 0 Å². The van der Waals surface area contributed by atoms with Gasteiger partial charge in [-0.05, 0) is 6.92 Å². The minimum atomic E-state index is -0.375. The predicted octanol–water partition coefficient (Wildman–Crippen LogP) is 1.44. The molecule has 0 saturated carbocycles. The van der Waals surface area contributed by atoms with Gasteiger partial charge >= 0.3 is 5.97 Å². The summed E-state index contributed by atoms with van der Waals surface area (Å²) in [5.41, 5.74) is 0.399. The normalized spacial score (nSPS) is 20.9. The zero-order valence-electron chi connectivity index (χ0n) is 8.49. The van der Waals surface area contributed by atoms with Crippen molar-refractivity contribution in [2.45, 2.75) is 32.2 Å². The fourth-order valence-corrected chi connectivity index (χ4v) is 1.51. The number of hydrogen-bond donors (Lipinski definition) is 0. The smallest absolute Gasteiger partial charge is 0.333 e. The summed E-state index contributed by atoms with van der Waals surface area (Å²) in [7, 11) is 0. The predicted molar refractivity (Wildman–Crippen MR) is 51.9 cm³/mol. The molecule has 1 aliphatic rings. The van der Waals surface area contributed by atoms with E-state index in [0.717, 1.165) is 17.6 Å². The Morgan fingerprint density at radius 1 is 1.64 bits per heavy atom. The average molecular weight is 198 g/mol. The molecule has 1 rings (SSSR count). The molecule has 14 heavy (non-hydrogen) atoms. The van der Waals surface area contributed by atoms with Crippen LogP contribution < -0.4 is 0 Å². The van der Waals surface area contributed by atoms with Crippen LogP contribution in [0, 0.1) is 4.91 Å². The summed E-state index contributed by atoms with van der Waals surface area (Å²) in [5.74, 6) is -0.375. The number of carbonyl (C=O) groups excluding carboxylic acids is 1. The van der Waals surface area contributed by atoms with Crippen molar-refractivity contribution >= 4 is 5.97 Å². The van der Waals surface area contributed by atoms with Crippen LogP contribution in [0.3, 0.4) is 0 Å². The van der Waals surface area contributed by atoms with Gasteiger partial charge in [0.25, 0.3) is 0 Å². The van der Waals surface area contributed by atoms with Crippen LogP contribution in [0.2, 0.25) is 0 Å². The Morgan fingerprint density at radius 3 is 2.86 bits per heavy atom. The highest BCUT2D eigenvalue weighted by atomic mass is 16.5. The highest BCUT2D eigenvalue weighted by Crippen LogP contribution is 2.14. The quantitative estimate of drug-likeness (QED) is 0.390. The SMILES string of the molecule is C=C(C)C(=O)OCCC1CCC[N+]1=O. The van der Waals surface area contributed by atoms with Crippen LogP contribution in [0.25, 0.3) is 0 Å². The minimum absolute atomic E-state index is 0.0351. The number of esters is 1. The lowest BCUT2D eigenvalue weighted by atomic mass is 10.2. The molecule has 0 N–H and O–H groups in total. The van der Waals surface area contributed by atoms with Crippen LogP contribution in [0.15, 0.2) is 12.2 Å². The Bertz CT molecular complexity index is 260. The average Bonchev–Trinajstić information content (AvgIpc) is 2.51. The number of hydrogen-bond acceptors (Lipinski definition) is 3. The van der Waals surface area contributed by atoms with E-state index < -0.39 is 0 Å². The molecule has 0 amide bonds. The Hall–Kier alpha value is -1.19. The molecule has 0 radical (unpaired) electrons. The molecule has 0 aliphatic carbocycles. The molecule has 0 aromatic rings. The summed E-state index contributed by atoms with van der Waals surface area (Å²) in [5, 5.41) is 0. The second-order valence-corrected chi connectivity index (χ2v) is 3.64. The van der Waals surface area contributed by atoms with Crippen molar-refractivity contribution in [3.63, 3.8) is 0 Å². The van der Waals surface area contributed by atoms with E-state index in [0.29, 0.717) is 25.1 Å². The molecular formula is C10H16NO3+. The van der Waals surface area contributed by atoms with E-state index in [-0.39, 0.29) is 12.0 Å². The van der Waals surface area contributed by atoms with Crippen LogP contribution in [0.1, 0.15) is 26.2 Å². The number of rotatable bonds is 4. The van der Waals surface area contributed by atoms with Gasteiger partial charge in [-0.15, -0.1) is 0 Å². The Labute approximate surface area is 83.5 Å². The van der Waals surface area contributed by atoms with Gasteiger partial charge in [-0.3, -0.25) is 0 Å². The van der Waals surface area contributed by atoms with Gasteiger partial charge in [0, 0.05) is 34.5 Å². The first-order chi connectivity index (χ1) is 6.61. The maximum absolute atomic E-state index is 11.1. The number of ether oxygens (including phenoxy) is 1. The number of carbonyl (C=O) groups is 1. The molecule has 4 nitrogen and oxygen atoms in total. The van der Waals surface area contributed by atoms with Gasteiger partial charge in [0.2, 0.25) is 6.04 Å². The molecule has 1 saturated heterocycles. The zero-order valence-corrected chi connectivity index (χ0v) is 8.49. The highest BCUT2D eigenvalue weighted by molar-refractivity contribution is 5.86. The van der Waals surface area contributed by atoms with Crippen LogP contribution >= 0.6 is 0 Å². The highest BCUT2D eigenvalue weighted by Gasteiger charge is 2.31. The van der Waals surface area contributed by atoms with Gasteiger partial charge in [0.1, 0.15) is 0 Å². The van der Waals surface area contributed by atoms with Crippen LogP contribution in [-0.2, 0) is 9.53 Å². The van der Waals surface area contributed by atoms with E-state index in [2.05, 4.69) is 6.58 Å². The largest absolute Gasteiger partial charge is 0.462 e. The second-order valence-electron chi connectivity index (χ2n) is 3.64. The summed E-state index contributed by atoms with van der Waals surface area (Å²) in [6.07, 6.45) is 2.49. The van der Waals surface area contributed by atoms with Gasteiger partial charge in [-0.1, -0.05) is 6.58 Å². The molecule has 1 aliphatic heterocycles. The van der Waals surface area contributed by atoms with Crippen molar-refractivity contribution < 1.29 is 14.3 Å². The lowest BCUT2D eigenvalue weighted by Gasteiger charge is -2.04. The zero-order chi connectivity index (χ0) is 10.6. The summed E-state index contributed by atoms with van der Waals surface area (Å²) >= 11 is 0. The van der Waals surface area contributed by atoms with Crippen molar-refractivity contribution in [1.29, 1.82) is 0 Å². The van der Waals surface area contributed by atoms with Gasteiger partial charge in [0.15, 0.2) is 6.54 Å². The fraction of sp³-hybridized carbons (Fsp3) is 0.700. The molecule has 1 unspecified atom stereocenters. The summed E-state index contributed by atoms with van der Waals surface area (Å²) in [6, 6.07) is 0.0351. The molecule has 1 atom stereocenters. The van der Waals surface area contributed by atoms with Crippen LogP contribution in [-0.4, -0.2) is 29.9 Å². The standard InChI is InChI=1S/C10H16NO3/c1-8(2)10(12)14-7-5-9-4-3-6-11(9)13/h9H,1,3-7H2,2H3/q+1. The van der Waals surface area contributed by atoms with Crippen LogP contribution in [0.5, 0.6) is 0 Å². The third kappa shape index (κ3) is 2.94. The van der Waals surface area contributed by atoms with E-state index in [1.807, 2.05) is 0 Å². The lowest BCUT2D eigenvalue weighted by molar-refractivity contribution is -0.565. The van der Waals surface area contributed by atoms with Crippen LogP contribution in [0.4, 0.5) is 0 Å². The number of nitroso groups, excluding NO2 is 1. The molecule has 1 heterocycles. The lowest BCUT2D eigenvalue weighted by Crippen LogP contribution is -2.19. The Kier molecular flexibility index (Phi) is 3.80. The Morgan fingerprint density at radius 2 is 2.36 bits per heavy atom. The van der Waals surface area contributed by atoms with Gasteiger partial charge in [0.05, 0.1) is 6.61 Å². The first-order valence-corrected chi connectivity index (χ1v) is 4.87. The molecule has 0 bridgehead atoms. The van der Waals surface area contributed by atoms with E-state index in [1.54, 1.807) is 6.92 Å². The summed E-state index contributed by atoms with van der Waals surface area (Å²) < 4.78 is 5.99. The van der Waals surface area contributed by atoms with Gasteiger partial charge in [-0.25, -0.2) is 4.79 Å². The fourth-order valence-electron chi connectivity index (χ4n) is 1.51. The topological polar surface area (TPSA) is 46.4 Å². The Balaban J connectivity index is 2.18. The van der Waals surface area contributed by atoms with E-state index in [1.165, 1.54) is 0 Å². The molecule has 0 aromatic carbocycles. The molecule has 1 fully saturated rings. The van der Waals surface area contributed by atoms with E-state index >= 15 is 0 Å². The molecule has 4 heteroatoms. The third-order valence-corrected chi connectivity index (χ3v) is 2.36. The van der Waals surface area contributed by atoms with Crippen molar-refractivity contribution in [1.82, 2.24) is 0 Å². The van der Waals surface area contributed by atoms with Crippen molar-refractivity contribution in [3.8, 4) is 0 Å². The first-order valence-electron chi connectivity index (χ1n) is 4.87. The van der Waals surface area contributed by atoms with Crippen molar-refractivity contribution in [3.05, 3.63) is 17.1 Å². The second kappa shape index (κ2) is 4.88. The minimum Gasteiger partial charge on any atom is -0.462 e. The summed E-state index contributed by atoms with van der Waals surface area (Å²) in [4.78, 5) is 22.1. The van der Waals surface area contributed by atoms with Gasteiger partial charge in [-0.2, -0.15) is 0 Å². The molecule has 0 spiro atoms. The third-order valence-electron chi connectivity index (χ3n) is 2.36. The summed E-state index contributed by atoms with van der Waals surface area (Å²) in [6.45, 7) is 6.01. The molecule has 78 valence electrons. The van der Waals surface area contributed by atoms with Gasteiger partial charge < -0.3 is 4.74 Å². The maximum atomic E-state index is 11.1. The first kappa shape index (κ1) is 10.9. The number of nitrogens with zero attached hydrogens (tertiary/aromatic N) is 1. The van der Waals surface area contributed by atoms with E-state index in [9.17, 15) is 9.70 Å². The molecular weight excluding hydrogens is 182 g/mol.